The molecule has 36 heavy (non-hydrogen) atoms. The Bertz CT molecular complexity index is 1020. The minimum Gasteiger partial charge on any atom is -0.381 e. The normalized spacial score (nSPS) is 31.7. The lowest BCUT2D eigenvalue weighted by molar-refractivity contribution is -0.138. The van der Waals surface area contributed by atoms with E-state index in [1.165, 1.54) is 0 Å². The van der Waals surface area contributed by atoms with E-state index >= 15 is 0 Å². The first-order valence-electron chi connectivity index (χ1n) is 13.9. The monoisotopic (exact) mass is 494 g/mol. The van der Waals surface area contributed by atoms with Crippen molar-refractivity contribution < 1.29 is 19.1 Å². The zero-order chi connectivity index (χ0) is 24.7. The minimum absolute atomic E-state index is 0.0197. The van der Waals surface area contributed by atoms with E-state index in [0.717, 1.165) is 76.0 Å². The van der Waals surface area contributed by atoms with E-state index in [2.05, 4.69) is 16.3 Å². The smallest absolute Gasteiger partial charge is 0.253 e. The van der Waals surface area contributed by atoms with Gasteiger partial charge < -0.3 is 19.9 Å². The Morgan fingerprint density at radius 1 is 1.00 bits per heavy atom. The third-order valence-corrected chi connectivity index (χ3v) is 9.21. The molecular formula is C28H38N4O4. The number of amides is 3. The molecule has 1 aromatic rings. The molecule has 0 saturated carbocycles. The molecule has 8 heteroatoms. The number of rotatable bonds is 2. The van der Waals surface area contributed by atoms with Gasteiger partial charge in [-0.3, -0.25) is 19.3 Å². The molecule has 0 radical (unpaired) electrons. The Hall–Kier alpha value is -2.45. The highest BCUT2D eigenvalue weighted by atomic mass is 16.5. The molecule has 194 valence electrons. The Morgan fingerprint density at radius 2 is 1.81 bits per heavy atom. The predicted octanol–water partition coefficient (Wildman–Crippen LogP) is 2.27. The molecule has 0 unspecified atom stereocenters. The Labute approximate surface area is 213 Å². The van der Waals surface area contributed by atoms with Crippen molar-refractivity contribution in [1.82, 2.24) is 15.1 Å². The SMILES string of the molecule is O=C1NCCCN(C(=O)CC2CCOCC2)CCCN2C(=O)[C@@]3(c4ccccc42)[C@@H]1C[C@@H]1CCCN13. The van der Waals surface area contributed by atoms with Crippen LogP contribution in [0.1, 0.15) is 56.9 Å². The van der Waals surface area contributed by atoms with Crippen molar-refractivity contribution in [3.8, 4) is 0 Å². The van der Waals surface area contributed by atoms with E-state index < -0.39 is 5.54 Å². The van der Waals surface area contributed by atoms with Crippen molar-refractivity contribution in [2.75, 3.05) is 50.8 Å². The highest BCUT2D eigenvalue weighted by molar-refractivity contribution is 6.10. The number of ether oxygens (including phenoxy) is 1. The van der Waals surface area contributed by atoms with E-state index in [4.69, 9.17) is 4.74 Å². The van der Waals surface area contributed by atoms with E-state index in [0.29, 0.717) is 38.5 Å². The third kappa shape index (κ3) is 3.84. The summed E-state index contributed by atoms with van der Waals surface area (Å²) in [5, 5.41) is 3.16. The van der Waals surface area contributed by atoms with Gasteiger partial charge in [-0.05, 0) is 63.5 Å². The van der Waals surface area contributed by atoms with Crippen LogP contribution in [0.5, 0.6) is 0 Å². The molecule has 3 atom stereocenters. The van der Waals surface area contributed by atoms with Gasteiger partial charge in [-0.2, -0.15) is 0 Å². The summed E-state index contributed by atoms with van der Waals surface area (Å²) in [7, 11) is 0. The number of benzene rings is 1. The van der Waals surface area contributed by atoms with Crippen LogP contribution in [0.15, 0.2) is 24.3 Å². The molecule has 5 aliphatic rings. The maximum Gasteiger partial charge on any atom is 0.253 e. The lowest BCUT2D eigenvalue weighted by Crippen LogP contribution is -2.56. The second-order valence-corrected chi connectivity index (χ2v) is 11.2. The summed E-state index contributed by atoms with van der Waals surface area (Å²) in [6, 6.07) is 8.35. The molecule has 0 aromatic heterocycles. The van der Waals surface area contributed by atoms with E-state index in [1.54, 1.807) is 0 Å². The highest BCUT2D eigenvalue weighted by Gasteiger charge is 2.67. The van der Waals surface area contributed by atoms with Gasteiger partial charge in [0.25, 0.3) is 5.91 Å². The third-order valence-electron chi connectivity index (χ3n) is 9.21. The van der Waals surface area contributed by atoms with Gasteiger partial charge in [0.1, 0.15) is 5.54 Å². The molecule has 0 aliphatic carbocycles. The zero-order valence-electron chi connectivity index (χ0n) is 21.1. The average molecular weight is 495 g/mol. The molecule has 6 rings (SSSR count). The van der Waals surface area contributed by atoms with Gasteiger partial charge in [0.05, 0.1) is 5.92 Å². The number of hydrogen-bond acceptors (Lipinski definition) is 5. The number of anilines is 1. The maximum absolute atomic E-state index is 14.3. The molecule has 8 nitrogen and oxygen atoms in total. The fourth-order valence-electron chi connectivity index (χ4n) is 7.49. The van der Waals surface area contributed by atoms with Crippen molar-refractivity contribution in [3.63, 3.8) is 0 Å². The lowest BCUT2D eigenvalue weighted by atomic mass is 9.78. The molecule has 5 heterocycles. The first-order valence-corrected chi connectivity index (χ1v) is 13.9. The molecule has 2 bridgehead atoms. The van der Waals surface area contributed by atoms with Crippen LogP contribution in [-0.2, 0) is 24.7 Å². The van der Waals surface area contributed by atoms with Gasteiger partial charge in [0.15, 0.2) is 0 Å². The summed E-state index contributed by atoms with van der Waals surface area (Å²) in [5.41, 5.74) is 1.03. The standard InChI is InChI=1S/C28H38N4O4/c33-25(18-20-9-16-36-17-10-20)30-12-4-11-29-26(34)23-19-21-6-3-15-32(21)28(23)22-7-1-2-8-24(22)31(27(28)35)14-5-13-30/h1-2,7-8,20-21,23H,3-6,9-19H2,(H,29,34)/t21-,23+,28+/m0/s1. The zero-order valence-corrected chi connectivity index (χ0v) is 21.1. The largest absolute Gasteiger partial charge is 0.381 e. The molecule has 1 aromatic carbocycles. The fraction of sp³-hybridized carbons (Fsp3) is 0.679. The minimum atomic E-state index is -0.894. The average Bonchev–Trinajstić information content (AvgIpc) is 3.54. The Balaban J connectivity index is 1.28. The van der Waals surface area contributed by atoms with Crippen molar-refractivity contribution in [1.29, 1.82) is 0 Å². The van der Waals surface area contributed by atoms with Crippen LogP contribution in [0.25, 0.3) is 0 Å². The second-order valence-electron chi connectivity index (χ2n) is 11.2. The van der Waals surface area contributed by atoms with Gasteiger partial charge in [0.2, 0.25) is 11.8 Å². The van der Waals surface area contributed by atoms with Crippen LogP contribution in [0, 0.1) is 11.8 Å². The first kappa shape index (κ1) is 23.9. The van der Waals surface area contributed by atoms with Crippen LogP contribution >= 0.6 is 0 Å². The Kier molecular flexibility index (Phi) is 6.50. The first-order chi connectivity index (χ1) is 17.6. The van der Waals surface area contributed by atoms with Crippen molar-refractivity contribution >= 4 is 23.4 Å². The lowest BCUT2D eigenvalue weighted by Gasteiger charge is -2.37. The Morgan fingerprint density at radius 3 is 2.67 bits per heavy atom. The number of carbonyl (C=O) groups excluding carboxylic acids is 3. The topological polar surface area (TPSA) is 82.2 Å². The van der Waals surface area contributed by atoms with Crippen LogP contribution < -0.4 is 10.2 Å². The highest BCUT2D eigenvalue weighted by Crippen LogP contribution is 2.57. The number of nitrogens with zero attached hydrogens (tertiary/aromatic N) is 3. The summed E-state index contributed by atoms with van der Waals surface area (Å²) in [5.74, 6) is 0.217. The molecular weight excluding hydrogens is 456 g/mol. The van der Waals surface area contributed by atoms with Crippen LogP contribution in [0.3, 0.4) is 0 Å². The fourth-order valence-corrected chi connectivity index (χ4v) is 7.49. The van der Waals surface area contributed by atoms with Gasteiger partial charge in [-0.15, -0.1) is 0 Å². The van der Waals surface area contributed by atoms with Gasteiger partial charge in [-0.1, -0.05) is 18.2 Å². The maximum atomic E-state index is 14.3. The van der Waals surface area contributed by atoms with Crippen molar-refractivity contribution in [3.05, 3.63) is 29.8 Å². The quantitative estimate of drug-likeness (QED) is 0.682. The van der Waals surface area contributed by atoms with E-state index in [-0.39, 0.29) is 29.7 Å². The number of nitrogens with one attached hydrogen (secondary N) is 1. The summed E-state index contributed by atoms with van der Waals surface area (Å²) in [6.07, 6.45) is 6.74. The van der Waals surface area contributed by atoms with Gasteiger partial charge in [-0.25, -0.2) is 0 Å². The molecule has 5 aliphatic heterocycles. The van der Waals surface area contributed by atoms with Crippen molar-refractivity contribution in [2.45, 2.75) is 62.9 Å². The predicted molar refractivity (Wildman–Crippen MR) is 135 cm³/mol. The van der Waals surface area contributed by atoms with E-state index in [9.17, 15) is 14.4 Å². The number of para-hydroxylation sites is 1. The van der Waals surface area contributed by atoms with Gasteiger partial charge in [0, 0.05) is 63.1 Å². The molecule has 3 amide bonds. The van der Waals surface area contributed by atoms with Crippen LogP contribution in [0.4, 0.5) is 5.69 Å². The molecule has 4 fully saturated rings. The summed E-state index contributed by atoms with van der Waals surface area (Å²) < 4.78 is 5.46. The van der Waals surface area contributed by atoms with Crippen LogP contribution in [0.2, 0.25) is 0 Å². The van der Waals surface area contributed by atoms with Gasteiger partial charge >= 0.3 is 0 Å². The van der Waals surface area contributed by atoms with Crippen LogP contribution in [-0.4, -0.2) is 79.5 Å². The number of carbonyl (C=O) groups is 3. The van der Waals surface area contributed by atoms with E-state index in [1.807, 2.05) is 28.0 Å². The molecule has 1 spiro atoms. The second kappa shape index (κ2) is 9.78. The molecule has 1 N–H and O–H groups in total. The number of hydrogen-bond donors (Lipinski definition) is 1. The molecule has 4 saturated heterocycles. The summed E-state index contributed by atoms with van der Waals surface area (Å²) in [6.45, 7) is 4.68. The summed E-state index contributed by atoms with van der Waals surface area (Å²) in [4.78, 5) is 47.4. The number of fused-ring (bicyclic) bond motifs is 4. The summed E-state index contributed by atoms with van der Waals surface area (Å²) >= 11 is 0. The van der Waals surface area contributed by atoms with Crippen molar-refractivity contribution in [2.24, 2.45) is 11.8 Å².